The molecule has 1 saturated heterocycles. The van der Waals surface area contributed by atoms with Gasteiger partial charge in [0.05, 0.1) is 0 Å². The van der Waals surface area contributed by atoms with Crippen molar-refractivity contribution in [2.24, 2.45) is 5.92 Å². The van der Waals surface area contributed by atoms with Crippen LogP contribution in [0.5, 0.6) is 0 Å². The van der Waals surface area contributed by atoms with Gasteiger partial charge in [-0.1, -0.05) is 44.2 Å². The molecule has 2 nitrogen and oxygen atoms in total. The van der Waals surface area contributed by atoms with Crippen LogP contribution in [0, 0.1) is 5.92 Å². The molecule has 1 heterocycles. The monoisotopic (exact) mass is 246 g/mol. The molecule has 1 aliphatic heterocycles. The highest BCUT2D eigenvalue weighted by molar-refractivity contribution is 5.18. The zero-order valence-corrected chi connectivity index (χ0v) is 11.9. The predicted molar refractivity (Wildman–Crippen MR) is 77.7 cm³/mol. The summed E-state index contributed by atoms with van der Waals surface area (Å²) in [5.41, 5.74) is 1.43. The van der Waals surface area contributed by atoms with Gasteiger partial charge in [-0.05, 0) is 24.8 Å². The van der Waals surface area contributed by atoms with Crippen LogP contribution in [0.2, 0.25) is 0 Å². The molecule has 0 saturated carbocycles. The third-order valence-corrected chi connectivity index (χ3v) is 3.87. The van der Waals surface area contributed by atoms with Gasteiger partial charge < -0.3 is 5.32 Å². The quantitative estimate of drug-likeness (QED) is 0.878. The topological polar surface area (TPSA) is 15.3 Å². The largest absolute Gasteiger partial charge is 0.311 e. The first-order valence-corrected chi connectivity index (χ1v) is 7.19. The average Bonchev–Trinajstić information content (AvgIpc) is 2.38. The minimum Gasteiger partial charge on any atom is -0.311 e. The van der Waals surface area contributed by atoms with Crippen LogP contribution >= 0.6 is 0 Å². The van der Waals surface area contributed by atoms with Crippen molar-refractivity contribution in [2.75, 3.05) is 19.6 Å². The van der Waals surface area contributed by atoms with Crippen LogP contribution in [0.3, 0.4) is 0 Å². The van der Waals surface area contributed by atoms with E-state index in [1.54, 1.807) is 0 Å². The molecular formula is C16H26N2. The molecule has 100 valence electrons. The van der Waals surface area contributed by atoms with E-state index >= 15 is 0 Å². The normalized spacial score (nSPS) is 23.2. The molecule has 2 atom stereocenters. The molecule has 1 fully saturated rings. The van der Waals surface area contributed by atoms with Gasteiger partial charge in [-0.2, -0.15) is 0 Å². The van der Waals surface area contributed by atoms with Gasteiger partial charge >= 0.3 is 0 Å². The summed E-state index contributed by atoms with van der Waals surface area (Å²) in [4.78, 5) is 2.61. The second-order valence-electron chi connectivity index (χ2n) is 5.86. The van der Waals surface area contributed by atoms with Gasteiger partial charge in [-0.3, -0.25) is 4.90 Å². The summed E-state index contributed by atoms with van der Waals surface area (Å²) in [6.45, 7) is 10.4. The molecule has 2 rings (SSSR count). The van der Waals surface area contributed by atoms with Gasteiger partial charge in [-0.15, -0.1) is 0 Å². The van der Waals surface area contributed by atoms with Crippen molar-refractivity contribution in [1.29, 1.82) is 0 Å². The van der Waals surface area contributed by atoms with Crippen LogP contribution in [-0.4, -0.2) is 30.6 Å². The first-order valence-electron chi connectivity index (χ1n) is 7.19. The third kappa shape index (κ3) is 3.56. The molecule has 18 heavy (non-hydrogen) atoms. The highest BCUT2D eigenvalue weighted by Gasteiger charge is 2.24. The van der Waals surface area contributed by atoms with Crippen molar-refractivity contribution in [3.05, 3.63) is 35.9 Å². The lowest BCUT2D eigenvalue weighted by molar-refractivity contribution is 0.144. The fraction of sp³-hybridized carbons (Fsp3) is 0.625. The third-order valence-electron chi connectivity index (χ3n) is 3.87. The number of rotatable bonds is 4. The van der Waals surface area contributed by atoms with Crippen molar-refractivity contribution in [1.82, 2.24) is 10.2 Å². The Hall–Kier alpha value is -0.860. The summed E-state index contributed by atoms with van der Waals surface area (Å²) < 4.78 is 0. The second kappa shape index (κ2) is 6.35. The van der Waals surface area contributed by atoms with Gasteiger partial charge in [0.25, 0.3) is 0 Å². The van der Waals surface area contributed by atoms with Crippen LogP contribution in [0.25, 0.3) is 0 Å². The number of nitrogens with one attached hydrogen (secondary N) is 1. The van der Waals surface area contributed by atoms with E-state index in [0.29, 0.717) is 12.1 Å². The van der Waals surface area contributed by atoms with Gasteiger partial charge in [-0.25, -0.2) is 0 Å². The van der Waals surface area contributed by atoms with E-state index in [-0.39, 0.29) is 0 Å². The minimum atomic E-state index is 0.531. The zero-order chi connectivity index (χ0) is 13.0. The molecule has 0 amide bonds. The molecule has 2 heteroatoms. The van der Waals surface area contributed by atoms with Gasteiger partial charge in [0.1, 0.15) is 0 Å². The van der Waals surface area contributed by atoms with Gasteiger partial charge in [0.2, 0.25) is 0 Å². The lowest BCUT2D eigenvalue weighted by Gasteiger charge is -2.38. The fourth-order valence-corrected chi connectivity index (χ4v) is 2.87. The van der Waals surface area contributed by atoms with Gasteiger partial charge in [0, 0.05) is 31.7 Å². The van der Waals surface area contributed by atoms with Crippen LogP contribution in [-0.2, 0) is 0 Å². The van der Waals surface area contributed by atoms with Crippen molar-refractivity contribution < 1.29 is 0 Å². The second-order valence-corrected chi connectivity index (χ2v) is 5.86. The molecule has 1 aromatic rings. The minimum absolute atomic E-state index is 0.531. The maximum atomic E-state index is 3.65. The van der Waals surface area contributed by atoms with Crippen LogP contribution in [0.4, 0.5) is 0 Å². The number of nitrogens with zero attached hydrogens (tertiary/aromatic N) is 1. The SMILES string of the molecule is CC(C)CC1CN(C(C)c2ccccc2)CCN1. The Bertz CT molecular complexity index is 347. The molecule has 1 N–H and O–H groups in total. The van der Waals surface area contributed by atoms with E-state index in [1.165, 1.54) is 18.5 Å². The fourth-order valence-electron chi connectivity index (χ4n) is 2.87. The Balaban J connectivity index is 1.96. The first kappa shape index (κ1) is 13.6. The number of hydrogen-bond donors (Lipinski definition) is 1. The summed E-state index contributed by atoms with van der Waals surface area (Å²) in [6.07, 6.45) is 1.28. The molecule has 0 aromatic heterocycles. The Kier molecular flexibility index (Phi) is 4.79. The van der Waals surface area contributed by atoms with E-state index in [0.717, 1.165) is 19.0 Å². The molecule has 1 aromatic carbocycles. The number of benzene rings is 1. The Morgan fingerprint density at radius 3 is 2.61 bits per heavy atom. The van der Waals surface area contributed by atoms with Crippen molar-refractivity contribution >= 4 is 0 Å². The maximum Gasteiger partial charge on any atom is 0.0321 e. The summed E-state index contributed by atoms with van der Waals surface area (Å²) in [7, 11) is 0. The lowest BCUT2D eigenvalue weighted by atomic mass is 9.99. The maximum absolute atomic E-state index is 3.65. The van der Waals surface area contributed by atoms with Crippen LogP contribution in [0.1, 0.15) is 38.8 Å². The van der Waals surface area contributed by atoms with Crippen molar-refractivity contribution in [3.8, 4) is 0 Å². The smallest absolute Gasteiger partial charge is 0.0321 e. The zero-order valence-electron chi connectivity index (χ0n) is 11.9. The summed E-state index contributed by atoms with van der Waals surface area (Å²) >= 11 is 0. The molecule has 1 aliphatic rings. The molecule has 0 bridgehead atoms. The summed E-state index contributed by atoms with van der Waals surface area (Å²) in [5, 5.41) is 3.65. The van der Waals surface area contributed by atoms with Crippen LogP contribution in [0.15, 0.2) is 30.3 Å². The highest BCUT2D eigenvalue weighted by atomic mass is 15.2. The Morgan fingerprint density at radius 1 is 1.22 bits per heavy atom. The van der Waals surface area contributed by atoms with E-state index in [1.807, 2.05) is 0 Å². The summed E-state index contributed by atoms with van der Waals surface area (Å²) in [6, 6.07) is 12.0. The Morgan fingerprint density at radius 2 is 1.94 bits per heavy atom. The summed E-state index contributed by atoms with van der Waals surface area (Å²) in [5.74, 6) is 0.773. The highest BCUT2D eigenvalue weighted by Crippen LogP contribution is 2.22. The van der Waals surface area contributed by atoms with E-state index in [4.69, 9.17) is 0 Å². The van der Waals surface area contributed by atoms with Crippen LogP contribution < -0.4 is 5.32 Å². The Labute approximate surface area is 111 Å². The molecule has 0 radical (unpaired) electrons. The number of hydrogen-bond acceptors (Lipinski definition) is 2. The van der Waals surface area contributed by atoms with Crippen molar-refractivity contribution in [3.63, 3.8) is 0 Å². The predicted octanol–water partition coefficient (Wildman–Crippen LogP) is 3.07. The van der Waals surface area contributed by atoms with Crippen molar-refractivity contribution in [2.45, 2.75) is 39.3 Å². The van der Waals surface area contributed by atoms with E-state index in [9.17, 15) is 0 Å². The lowest BCUT2D eigenvalue weighted by Crippen LogP contribution is -2.51. The molecule has 0 spiro atoms. The van der Waals surface area contributed by atoms with Gasteiger partial charge in [0.15, 0.2) is 0 Å². The number of piperazine rings is 1. The first-order chi connectivity index (χ1) is 8.66. The van der Waals surface area contributed by atoms with E-state index in [2.05, 4.69) is 61.3 Å². The molecule has 2 unspecified atom stereocenters. The molecule has 0 aliphatic carbocycles. The average molecular weight is 246 g/mol. The van der Waals surface area contributed by atoms with E-state index < -0.39 is 0 Å². The standard InChI is InChI=1S/C16H26N2/c1-13(2)11-16-12-18(10-9-17-16)14(3)15-7-5-4-6-8-15/h4-8,13-14,16-17H,9-12H2,1-3H3. The molecular weight excluding hydrogens is 220 g/mol.